The first-order valence-electron chi connectivity index (χ1n) is 9.79. The van der Waals surface area contributed by atoms with Crippen LogP contribution in [0.1, 0.15) is 73.1 Å². The van der Waals surface area contributed by atoms with E-state index in [9.17, 15) is 13.6 Å². The maximum atomic E-state index is 12.9. The van der Waals surface area contributed by atoms with Crippen molar-refractivity contribution in [2.45, 2.75) is 57.4 Å². The van der Waals surface area contributed by atoms with Gasteiger partial charge in [-0.05, 0) is 74.4 Å². The summed E-state index contributed by atoms with van der Waals surface area (Å²) in [6, 6.07) is 11.9. The van der Waals surface area contributed by atoms with Crippen LogP contribution >= 0.6 is 11.6 Å². The summed E-state index contributed by atoms with van der Waals surface area (Å²) in [4.78, 5) is 16.7. The van der Waals surface area contributed by atoms with Crippen LogP contribution in [0.4, 0.5) is 8.78 Å². The first-order valence-corrected chi connectivity index (χ1v) is 10.2. The molecule has 0 aliphatic heterocycles. The molecule has 0 saturated heterocycles. The zero-order chi connectivity index (χ0) is 20.1. The molecule has 1 aliphatic rings. The molecule has 1 aliphatic carbocycles. The van der Waals surface area contributed by atoms with Crippen LogP contribution in [0.15, 0.2) is 42.5 Å². The second kappa shape index (κ2) is 9.46. The molecule has 1 saturated carbocycles. The largest absolute Gasteiger partial charge is 0.349 e. The molecule has 0 bridgehead atoms. The molecule has 3 nitrogen and oxygen atoms in total. The van der Waals surface area contributed by atoms with Crippen LogP contribution in [0.5, 0.6) is 0 Å². The molecule has 1 atom stereocenters. The maximum absolute atomic E-state index is 12.9. The van der Waals surface area contributed by atoms with Crippen LogP contribution in [-0.2, 0) is 0 Å². The minimum absolute atomic E-state index is 0.0862. The predicted molar refractivity (Wildman–Crippen MR) is 107 cm³/mol. The number of nitrogens with zero attached hydrogens (tertiary/aromatic N) is 1. The monoisotopic (exact) mass is 406 g/mol. The van der Waals surface area contributed by atoms with Crippen LogP contribution < -0.4 is 5.32 Å². The van der Waals surface area contributed by atoms with Gasteiger partial charge >= 0.3 is 0 Å². The zero-order valence-electron chi connectivity index (χ0n) is 15.9. The molecule has 1 N–H and O–H groups in total. The number of pyridine rings is 1. The summed E-state index contributed by atoms with van der Waals surface area (Å²) in [7, 11) is 0. The van der Waals surface area contributed by atoms with E-state index in [1.807, 2.05) is 6.07 Å². The fourth-order valence-electron chi connectivity index (χ4n) is 4.04. The summed E-state index contributed by atoms with van der Waals surface area (Å²) in [5.41, 5.74) is 1.21. The highest BCUT2D eigenvalue weighted by Gasteiger charge is 2.29. The highest BCUT2D eigenvalue weighted by Crippen LogP contribution is 2.37. The van der Waals surface area contributed by atoms with Crippen molar-refractivity contribution >= 4 is 17.5 Å². The molecule has 0 unspecified atom stereocenters. The second-order valence-electron chi connectivity index (χ2n) is 7.39. The third kappa shape index (κ3) is 5.07. The molecule has 0 spiro atoms. The van der Waals surface area contributed by atoms with Crippen LogP contribution in [0.3, 0.4) is 0 Å². The van der Waals surface area contributed by atoms with E-state index in [1.54, 1.807) is 30.3 Å². The van der Waals surface area contributed by atoms with Crippen molar-refractivity contribution in [1.82, 2.24) is 10.3 Å². The molecule has 1 amide bonds. The van der Waals surface area contributed by atoms with Gasteiger partial charge in [0.25, 0.3) is 12.3 Å². The third-order valence-electron chi connectivity index (χ3n) is 5.64. The summed E-state index contributed by atoms with van der Waals surface area (Å²) in [5.74, 6) is 0.507. The van der Waals surface area contributed by atoms with Gasteiger partial charge in [0.05, 0.1) is 0 Å². The number of hydrogen-bond acceptors (Lipinski definition) is 2. The Morgan fingerprint density at radius 2 is 1.82 bits per heavy atom. The molecule has 1 heterocycles. The minimum atomic E-state index is -2.54. The van der Waals surface area contributed by atoms with E-state index in [-0.39, 0.29) is 23.6 Å². The number of carbonyl (C=O) groups excluding carboxylic acids is 1. The minimum Gasteiger partial charge on any atom is -0.349 e. The lowest BCUT2D eigenvalue weighted by molar-refractivity contribution is 0.0909. The fourth-order valence-corrected chi connectivity index (χ4v) is 4.17. The highest BCUT2D eigenvalue weighted by molar-refractivity contribution is 6.30. The zero-order valence-corrected chi connectivity index (χ0v) is 16.6. The third-order valence-corrected chi connectivity index (χ3v) is 5.89. The number of carbonyl (C=O) groups is 1. The van der Waals surface area contributed by atoms with E-state index in [0.717, 1.165) is 37.8 Å². The molecule has 1 aromatic carbocycles. The summed E-state index contributed by atoms with van der Waals surface area (Å²) >= 11 is 5.88. The molecule has 6 heteroatoms. The molecule has 1 aromatic heterocycles. The Bertz CT molecular complexity index is 789. The Morgan fingerprint density at radius 1 is 1.14 bits per heavy atom. The molecule has 1 fully saturated rings. The van der Waals surface area contributed by atoms with Crippen molar-refractivity contribution in [3.8, 4) is 0 Å². The van der Waals surface area contributed by atoms with E-state index in [0.29, 0.717) is 16.5 Å². The van der Waals surface area contributed by atoms with Crippen LogP contribution in [-0.4, -0.2) is 16.9 Å². The topological polar surface area (TPSA) is 42.0 Å². The predicted octanol–water partition coefficient (Wildman–Crippen LogP) is 6.16. The number of rotatable bonds is 6. The Hall–Kier alpha value is -2.01. The Kier molecular flexibility index (Phi) is 7.00. The smallest absolute Gasteiger partial charge is 0.280 e. The lowest BCUT2D eigenvalue weighted by Gasteiger charge is -2.34. The highest BCUT2D eigenvalue weighted by atomic mass is 35.5. The van der Waals surface area contributed by atoms with Crippen molar-refractivity contribution in [1.29, 1.82) is 0 Å². The van der Waals surface area contributed by atoms with Gasteiger partial charge in [0.2, 0.25) is 0 Å². The number of nitrogens with one attached hydrogen (secondary N) is 1. The average Bonchev–Trinajstić information content (AvgIpc) is 2.72. The maximum Gasteiger partial charge on any atom is 0.280 e. The van der Waals surface area contributed by atoms with Gasteiger partial charge in [0.15, 0.2) is 0 Å². The molecule has 0 radical (unpaired) electrons. The molecule has 3 rings (SSSR count). The number of aromatic nitrogens is 1. The molecule has 150 valence electrons. The average molecular weight is 407 g/mol. The van der Waals surface area contributed by atoms with Gasteiger partial charge in [-0.25, -0.2) is 8.78 Å². The van der Waals surface area contributed by atoms with Crippen molar-refractivity contribution in [2.75, 3.05) is 0 Å². The van der Waals surface area contributed by atoms with Gasteiger partial charge in [-0.1, -0.05) is 24.6 Å². The van der Waals surface area contributed by atoms with Crippen LogP contribution in [0, 0.1) is 5.92 Å². The van der Waals surface area contributed by atoms with Gasteiger partial charge in [0, 0.05) is 28.2 Å². The first-order chi connectivity index (χ1) is 13.5. The van der Waals surface area contributed by atoms with Gasteiger partial charge in [-0.15, -0.1) is 0 Å². The normalized spacial score (nSPS) is 20.8. The van der Waals surface area contributed by atoms with E-state index in [1.165, 1.54) is 6.07 Å². The Labute approximate surface area is 169 Å². The number of hydrogen-bond donors (Lipinski definition) is 1. The van der Waals surface area contributed by atoms with Gasteiger partial charge in [0.1, 0.15) is 5.69 Å². The van der Waals surface area contributed by atoms with Crippen molar-refractivity contribution < 1.29 is 13.6 Å². The Morgan fingerprint density at radius 3 is 2.43 bits per heavy atom. The fraction of sp³-hybridized carbons (Fsp3) is 0.455. The SMILES string of the molecule is CC[C@H](NC(=O)c1ccc(Cl)cc1)C1CCC(c2cccc(C(F)F)n2)CC1. The van der Waals surface area contributed by atoms with Crippen molar-refractivity contribution in [2.24, 2.45) is 5.92 Å². The van der Waals surface area contributed by atoms with Crippen LogP contribution in [0.2, 0.25) is 5.02 Å². The van der Waals surface area contributed by atoms with E-state index in [4.69, 9.17) is 11.6 Å². The summed E-state index contributed by atoms with van der Waals surface area (Å²) in [5, 5.41) is 3.76. The van der Waals surface area contributed by atoms with Crippen molar-refractivity contribution in [3.63, 3.8) is 0 Å². The van der Waals surface area contributed by atoms with Gasteiger partial charge in [-0.2, -0.15) is 0 Å². The van der Waals surface area contributed by atoms with E-state index in [2.05, 4.69) is 17.2 Å². The van der Waals surface area contributed by atoms with Crippen LogP contribution in [0.25, 0.3) is 0 Å². The summed E-state index contributed by atoms with van der Waals surface area (Å²) in [6.07, 6.45) is 2.02. The molecular formula is C22H25ClF2N2O. The first kappa shape index (κ1) is 20.7. The standard InChI is InChI=1S/C22H25ClF2N2O/c1-2-18(27-22(28)16-10-12-17(23)13-11-16)14-6-8-15(9-7-14)19-4-3-5-20(26-19)21(24)25/h3-5,10-15,18,21H,2,6-9H2,1H3,(H,27,28)/t14?,15?,18-/m0/s1. The van der Waals surface area contributed by atoms with Gasteiger partial charge < -0.3 is 5.32 Å². The Balaban J connectivity index is 1.58. The van der Waals surface area contributed by atoms with Gasteiger partial charge in [-0.3, -0.25) is 9.78 Å². The number of alkyl halides is 2. The van der Waals surface area contributed by atoms with E-state index < -0.39 is 6.43 Å². The summed E-state index contributed by atoms with van der Waals surface area (Å²) in [6.45, 7) is 2.08. The molecular weight excluding hydrogens is 382 g/mol. The number of halogens is 3. The van der Waals surface area contributed by atoms with Crippen molar-refractivity contribution in [3.05, 3.63) is 64.4 Å². The lowest BCUT2D eigenvalue weighted by Crippen LogP contribution is -2.41. The number of amides is 1. The second-order valence-corrected chi connectivity index (χ2v) is 7.83. The quantitative estimate of drug-likeness (QED) is 0.624. The lowest BCUT2D eigenvalue weighted by atomic mass is 9.76. The van der Waals surface area contributed by atoms with E-state index >= 15 is 0 Å². The summed E-state index contributed by atoms with van der Waals surface area (Å²) < 4.78 is 25.8. The number of benzene rings is 1. The molecule has 28 heavy (non-hydrogen) atoms. The molecule has 2 aromatic rings.